The first-order valence-corrected chi connectivity index (χ1v) is 6.88. The minimum atomic E-state index is -0.641. The molecule has 2 fully saturated rings. The van der Waals surface area contributed by atoms with Gasteiger partial charge in [-0.2, -0.15) is 0 Å². The molecule has 2 N–H and O–H groups in total. The normalized spacial score (nSPS) is 34.8. The smallest absolute Gasteiger partial charge is 0.320 e. The number of rotatable bonds is 5. The van der Waals surface area contributed by atoms with Crippen molar-refractivity contribution in [3.8, 4) is 0 Å². The molecule has 2 saturated heterocycles. The van der Waals surface area contributed by atoms with Gasteiger partial charge in [-0.25, -0.2) is 0 Å². The largest absolute Gasteiger partial charge is 0.480 e. The summed E-state index contributed by atoms with van der Waals surface area (Å²) < 4.78 is 0. The Morgan fingerprint density at radius 2 is 2.24 bits per heavy atom. The van der Waals surface area contributed by atoms with Crippen molar-refractivity contribution in [3.05, 3.63) is 0 Å². The molecule has 0 bridgehead atoms. The lowest BCUT2D eigenvalue weighted by Crippen LogP contribution is -2.46. The molecule has 0 aromatic rings. The Kier molecular flexibility index (Phi) is 4.05. The number of carboxylic acid groups (broad SMARTS) is 1. The highest BCUT2D eigenvalue weighted by Gasteiger charge is 2.46. The Morgan fingerprint density at radius 3 is 2.82 bits per heavy atom. The molecule has 17 heavy (non-hydrogen) atoms. The first-order chi connectivity index (χ1) is 8.19. The molecule has 0 aromatic carbocycles. The van der Waals surface area contributed by atoms with E-state index in [1.165, 1.54) is 0 Å². The molecule has 0 aliphatic carbocycles. The molecule has 4 atom stereocenters. The Morgan fingerprint density at radius 1 is 1.47 bits per heavy atom. The van der Waals surface area contributed by atoms with Crippen molar-refractivity contribution >= 4 is 5.97 Å². The summed E-state index contributed by atoms with van der Waals surface area (Å²) in [4.78, 5) is 13.7. The summed E-state index contributed by atoms with van der Waals surface area (Å²) in [5.41, 5.74) is 0. The van der Waals surface area contributed by atoms with Crippen molar-refractivity contribution in [3.63, 3.8) is 0 Å². The van der Waals surface area contributed by atoms with Crippen LogP contribution in [0.3, 0.4) is 0 Å². The summed E-state index contributed by atoms with van der Waals surface area (Å²) in [6.45, 7) is 7.35. The molecule has 4 unspecified atom stereocenters. The molecule has 0 radical (unpaired) electrons. The van der Waals surface area contributed by atoms with Gasteiger partial charge in [0.15, 0.2) is 0 Å². The Labute approximate surface area is 103 Å². The van der Waals surface area contributed by atoms with Gasteiger partial charge in [0.2, 0.25) is 0 Å². The minimum Gasteiger partial charge on any atom is -0.480 e. The van der Waals surface area contributed by atoms with E-state index in [2.05, 4.69) is 24.1 Å². The summed E-state index contributed by atoms with van der Waals surface area (Å²) in [5, 5.41) is 12.8. The minimum absolute atomic E-state index is 0.268. The van der Waals surface area contributed by atoms with E-state index in [0.717, 1.165) is 38.9 Å². The van der Waals surface area contributed by atoms with Crippen LogP contribution in [0.1, 0.15) is 33.1 Å². The standard InChI is InChI=1S/C13H24N2O2/c1-3-5-12(13(16)17)15-8-9-6-14-7-10(9)11(15)4-2/h9-12,14H,3-8H2,1-2H3,(H,16,17). The predicted molar refractivity (Wildman–Crippen MR) is 67.0 cm³/mol. The molecule has 0 saturated carbocycles. The number of carboxylic acids is 1. The van der Waals surface area contributed by atoms with Crippen LogP contribution in [0, 0.1) is 11.8 Å². The molecule has 98 valence electrons. The molecule has 0 spiro atoms. The van der Waals surface area contributed by atoms with Crippen molar-refractivity contribution in [1.82, 2.24) is 10.2 Å². The van der Waals surface area contributed by atoms with Gasteiger partial charge in [0.25, 0.3) is 0 Å². The topological polar surface area (TPSA) is 52.6 Å². The van der Waals surface area contributed by atoms with Gasteiger partial charge in [0, 0.05) is 12.6 Å². The molecule has 0 amide bonds. The fourth-order valence-electron chi connectivity index (χ4n) is 3.66. The zero-order chi connectivity index (χ0) is 12.4. The van der Waals surface area contributed by atoms with Gasteiger partial charge in [-0.15, -0.1) is 0 Å². The second-order valence-electron chi connectivity index (χ2n) is 5.40. The zero-order valence-corrected chi connectivity index (χ0v) is 10.9. The first kappa shape index (κ1) is 12.8. The number of nitrogens with zero attached hydrogens (tertiary/aromatic N) is 1. The number of hydrogen-bond acceptors (Lipinski definition) is 3. The summed E-state index contributed by atoms with van der Waals surface area (Å²) in [5.74, 6) is 0.690. The number of fused-ring (bicyclic) bond motifs is 1. The van der Waals surface area contributed by atoms with Crippen LogP contribution in [-0.4, -0.2) is 47.7 Å². The number of hydrogen-bond donors (Lipinski definition) is 2. The molecular weight excluding hydrogens is 216 g/mol. The second-order valence-corrected chi connectivity index (χ2v) is 5.40. The summed E-state index contributed by atoms with van der Waals surface area (Å²) in [7, 11) is 0. The number of nitrogens with one attached hydrogen (secondary N) is 1. The number of aliphatic carboxylic acids is 1. The molecule has 4 heteroatoms. The lowest BCUT2D eigenvalue weighted by molar-refractivity contribution is -0.144. The fraction of sp³-hybridized carbons (Fsp3) is 0.923. The summed E-state index contributed by atoms with van der Waals surface area (Å²) in [6.07, 6.45) is 2.78. The molecule has 2 aliphatic rings. The average Bonchev–Trinajstić information content (AvgIpc) is 2.84. The average molecular weight is 240 g/mol. The van der Waals surface area contributed by atoms with Crippen LogP contribution in [-0.2, 0) is 4.79 Å². The van der Waals surface area contributed by atoms with Crippen LogP contribution in [0.5, 0.6) is 0 Å². The van der Waals surface area contributed by atoms with Gasteiger partial charge >= 0.3 is 5.97 Å². The molecule has 0 aromatic heterocycles. The zero-order valence-electron chi connectivity index (χ0n) is 10.9. The Hall–Kier alpha value is -0.610. The van der Waals surface area contributed by atoms with Crippen molar-refractivity contribution < 1.29 is 9.90 Å². The van der Waals surface area contributed by atoms with Gasteiger partial charge in [0.05, 0.1) is 0 Å². The van der Waals surface area contributed by atoms with Crippen LogP contribution in [0.25, 0.3) is 0 Å². The van der Waals surface area contributed by atoms with Crippen molar-refractivity contribution in [2.45, 2.75) is 45.2 Å². The molecule has 2 aliphatic heterocycles. The van der Waals surface area contributed by atoms with Crippen LogP contribution < -0.4 is 5.32 Å². The maximum absolute atomic E-state index is 11.4. The Balaban J connectivity index is 2.11. The highest BCUT2D eigenvalue weighted by Crippen LogP contribution is 2.36. The highest BCUT2D eigenvalue weighted by molar-refractivity contribution is 5.73. The van der Waals surface area contributed by atoms with E-state index in [9.17, 15) is 9.90 Å². The Bertz CT molecular complexity index is 283. The van der Waals surface area contributed by atoms with Gasteiger partial charge in [-0.1, -0.05) is 20.3 Å². The maximum Gasteiger partial charge on any atom is 0.320 e. The molecule has 4 nitrogen and oxygen atoms in total. The summed E-state index contributed by atoms with van der Waals surface area (Å²) in [6, 6.07) is 0.193. The van der Waals surface area contributed by atoms with Crippen LogP contribution in [0.2, 0.25) is 0 Å². The maximum atomic E-state index is 11.4. The van der Waals surface area contributed by atoms with Crippen LogP contribution in [0.15, 0.2) is 0 Å². The van der Waals surface area contributed by atoms with Gasteiger partial charge in [0.1, 0.15) is 6.04 Å². The van der Waals surface area contributed by atoms with Gasteiger partial charge in [-0.3, -0.25) is 9.69 Å². The van der Waals surface area contributed by atoms with Crippen molar-refractivity contribution in [2.24, 2.45) is 11.8 Å². The quantitative estimate of drug-likeness (QED) is 0.757. The third kappa shape index (κ3) is 2.33. The lowest BCUT2D eigenvalue weighted by atomic mass is 9.92. The second kappa shape index (κ2) is 5.36. The van der Waals surface area contributed by atoms with Gasteiger partial charge < -0.3 is 10.4 Å². The van der Waals surface area contributed by atoms with Gasteiger partial charge in [-0.05, 0) is 37.8 Å². The van der Waals surface area contributed by atoms with E-state index in [1.54, 1.807) is 0 Å². The fourth-order valence-corrected chi connectivity index (χ4v) is 3.66. The third-order valence-corrected chi connectivity index (χ3v) is 4.42. The van der Waals surface area contributed by atoms with Crippen molar-refractivity contribution in [2.75, 3.05) is 19.6 Å². The number of carbonyl (C=O) groups is 1. The predicted octanol–water partition coefficient (Wildman–Crippen LogP) is 1.17. The van der Waals surface area contributed by atoms with E-state index < -0.39 is 5.97 Å². The van der Waals surface area contributed by atoms with Crippen LogP contribution in [0.4, 0.5) is 0 Å². The highest BCUT2D eigenvalue weighted by atomic mass is 16.4. The van der Waals surface area contributed by atoms with E-state index in [0.29, 0.717) is 17.9 Å². The SMILES string of the molecule is CCCC(C(=O)O)N1CC2CNCC2C1CC. The molecule has 2 heterocycles. The lowest BCUT2D eigenvalue weighted by Gasteiger charge is -2.31. The number of likely N-dealkylation sites (tertiary alicyclic amines) is 1. The van der Waals surface area contributed by atoms with Crippen molar-refractivity contribution in [1.29, 1.82) is 0 Å². The van der Waals surface area contributed by atoms with E-state index in [1.807, 2.05) is 0 Å². The summed E-state index contributed by atoms with van der Waals surface area (Å²) >= 11 is 0. The first-order valence-electron chi connectivity index (χ1n) is 6.88. The molecule has 2 rings (SSSR count). The van der Waals surface area contributed by atoms with Crippen LogP contribution >= 0.6 is 0 Å². The monoisotopic (exact) mass is 240 g/mol. The third-order valence-electron chi connectivity index (χ3n) is 4.42. The van der Waals surface area contributed by atoms with E-state index in [-0.39, 0.29) is 6.04 Å². The van der Waals surface area contributed by atoms with E-state index in [4.69, 9.17) is 0 Å². The van der Waals surface area contributed by atoms with E-state index >= 15 is 0 Å². The molecular formula is C13H24N2O2.